The molecule has 2 nitrogen and oxygen atoms in total. The summed E-state index contributed by atoms with van der Waals surface area (Å²) in [6.45, 7) is 1.65. The molecule has 11 heavy (non-hydrogen) atoms. The third kappa shape index (κ3) is 1.80. The summed E-state index contributed by atoms with van der Waals surface area (Å²) >= 11 is 4.64. The van der Waals surface area contributed by atoms with E-state index in [0.29, 0.717) is 5.56 Å². The number of rotatable bonds is 1. The lowest BCUT2D eigenvalue weighted by molar-refractivity contribution is 0.203. The molecule has 0 amide bonds. The molecule has 1 heterocycles. The van der Waals surface area contributed by atoms with Crippen LogP contribution < -0.4 is 0 Å². The van der Waals surface area contributed by atoms with Gasteiger partial charge in [-0.3, -0.25) is 0 Å². The third-order valence-electron chi connectivity index (χ3n) is 1.23. The molecular weight excluding hydrogens is 226 g/mol. The molecule has 0 saturated heterocycles. The Hall–Kier alpha value is -0.370. The second-order valence-electron chi connectivity index (χ2n) is 2.12. The second kappa shape index (κ2) is 3.35. The van der Waals surface area contributed by atoms with Gasteiger partial charge in [-0.2, -0.15) is 5.26 Å². The summed E-state index contributed by atoms with van der Waals surface area (Å²) in [5, 5.41) is 17.8. The first-order chi connectivity index (χ1) is 5.15. The van der Waals surface area contributed by atoms with Crippen LogP contribution in [0, 0.1) is 11.3 Å². The Kier molecular flexibility index (Phi) is 2.66. The maximum Gasteiger partial charge on any atom is 0.100 e. The van der Waals surface area contributed by atoms with E-state index in [0.717, 1.165) is 8.66 Å². The van der Waals surface area contributed by atoms with Gasteiger partial charge < -0.3 is 5.11 Å². The van der Waals surface area contributed by atoms with Gasteiger partial charge in [-0.25, -0.2) is 0 Å². The Bertz CT molecular complexity index is 300. The first-order valence-electron chi connectivity index (χ1n) is 3.02. The standard InChI is InChI=1S/C7H6BrNOS/c1-4(10)7-5(3-9)2-6(8)11-7/h2,4,10H,1H3. The Morgan fingerprint density at radius 2 is 2.45 bits per heavy atom. The number of aliphatic hydroxyl groups excluding tert-OH is 1. The quantitative estimate of drug-likeness (QED) is 0.808. The number of nitriles is 1. The molecule has 0 spiro atoms. The van der Waals surface area contributed by atoms with Gasteiger partial charge in [0.05, 0.1) is 20.3 Å². The Morgan fingerprint density at radius 1 is 1.82 bits per heavy atom. The molecule has 0 fully saturated rings. The van der Waals surface area contributed by atoms with E-state index in [9.17, 15) is 5.11 Å². The molecule has 1 rings (SSSR count). The molecule has 1 unspecified atom stereocenters. The van der Waals surface area contributed by atoms with Gasteiger partial charge in [0.15, 0.2) is 0 Å². The highest BCUT2D eigenvalue weighted by Crippen LogP contribution is 2.30. The topological polar surface area (TPSA) is 44.0 Å². The first kappa shape index (κ1) is 8.72. The summed E-state index contributed by atoms with van der Waals surface area (Å²) in [5.74, 6) is 0. The van der Waals surface area contributed by atoms with Crippen molar-refractivity contribution >= 4 is 27.3 Å². The average Bonchev–Trinajstić information content (AvgIpc) is 2.30. The zero-order valence-electron chi connectivity index (χ0n) is 5.84. The van der Waals surface area contributed by atoms with Crippen molar-refractivity contribution in [2.45, 2.75) is 13.0 Å². The Balaban J connectivity index is 3.15. The molecule has 0 aliphatic heterocycles. The normalized spacial score (nSPS) is 12.5. The molecule has 0 aliphatic carbocycles. The lowest BCUT2D eigenvalue weighted by Gasteiger charge is -1.98. The van der Waals surface area contributed by atoms with Gasteiger partial charge in [0.1, 0.15) is 6.07 Å². The molecular formula is C7H6BrNOS. The predicted molar refractivity (Wildman–Crippen MR) is 47.4 cm³/mol. The van der Waals surface area contributed by atoms with Crippen LogP contribution in [0.2, 0.25) is 0 Å². The Labute approximate surface area is 77.2 Å². The lowest BCUT2D eigenvalue weighted by atomic mass is 10.2. The lowest BCUT2D eigenvalue weighted by Crippen LogP contribution is -1.88. The number of hydrogen-bond acceptors (Lipinski definition) is 3. The van der Waals surface area contributed by atoms with Crippen LogP contribution in [0.4, 0.5) is 0 Å². The summed E-state index contributed by atoms with van der Waals surface area (Å²) in [6.07, 6.45) is -0.555. The van der Waals surface area contributed by atoms with E-state index >= 15 is 0 Å². The third-order valence-corrected chi connectivity index (χ3v) is 3.04. The van der Waals surface area contributed by atoms with Crippen LogP contribution in [-0.2, 0) is 0 Å². The van der Waals surface area contributed by atoms with Gasteiger partial charge in [-0.15, -0.1) is 11.3 Å². The minimum absolute atomic E-state index is 0.553. The summed E-state index contributed by atoms with van der Waals surface area (Å²) in [6, 6.07) is 3.73. The molecule has 0 aliphatic rings. The van der Waals surface area contributed by atoms with Crippen LogP contribution in [0.3, 0.4) is 0 Å². The molecule has 58 valence electrons. The van der Waals surface area contributed by atoms with Crippen LogP contribution in [0.25, 0.3) is 0 Å². The van der Waals surface area contributed by atoms with Gasteiger partial charge in [0, 0.05) is 0 Å². The zero-order chi connectivity index (χ0) is 8.43. The smallest absolute Gasteiger partial charge is 0.100 e. The average molecular weight is 232 g/mol. The van der Waals surface area contributed by atoms with E-state index in [4.69, 9.17) is 5.26 Å². The largest absolute Gasteiger partial charge is 0.388 e. The van der Waals surface area contributed by atoms with Crippen LogP contribution >= 0.6 is 27.3 Å². The number of aliphatic hydroxyl groups is 1. The fourth-order valence-corrected chi connectivity index (χ4v) is 2.30. The number of nitrogens with zero attached hydrogens (tertiary/aromatic N) is 1. The minimum atomic E-state index is -0.555. The van der Waals surface area contributed by atoms with E-state index in [1.165, 1.54) is 11.3 Å². The van der Waals surface area contributed by atoms with Gasteiger partial charge in [-0.1, -0.05) is 0 Å². The van der Waals surface area contributed by atoms with E-state index < -0.39 is 6.10 Å². The van der Waals surface area contributed by atoms with Crippen molar-refractivity contribution < 1.29 is 5.11 Å². The molecule has 4 heteroatoms. The molecule has 1 aromatic heterocycles. The van der Waals surface area contributed by atoms with Crippen molar-refractivity contribution in [1.82, 2.24) is 0 Å². The van der Waals surface area contributed by atoms with Gasteiger partial charge in [0.2, 0.25) is 0 Å². The highest BCUT2D eigenvalue weighted by Gasteiger charge is 2.11. The summed E-state index contributed by atoms with van der Waals surface area (Å²) in [5.41, 5.74) is 0.553. The van der Waals surface area contributed by atoms with E-state index in [1.54, 1.807) is 13.0 Å². The summed E-state index contributed by atoms with van der Waals surface area (Å²) in [7, 11) is 0. The maximum absolute atomic E-state index is 9.19. The van der Waals surface area contributed by atoms with Gasteiger partial charge in [-0.05, 0) is 28.9 Å². The minimum Gasteiger partial charge on any atom is -0.388 e. The van der Waals surface area contributed by atoms with Crippen LogP contribution in [0.15, 0.2) is 9.85 Å². The van der Waals surface area contributed by atoms with Crippen LogP contribution in [0.1, 0.15) is 23.5 Å². The van der Waals surface area contributed by atoms with Gasteiger partial charge in [0.25, 0.3) is 0 Å². The molecule has 0 bridgehead atoms. The van der Waals surface area contributed by atoms with Crippen molar-refractivity contribution in [3.63, 3.8) is 0 Å². The highest BCUT2D eigenvalue weighted by molar-refractivity contribution is 9.11. The van der Waals surface area contributed by atoms with Crippen molar-refractivity contribution in [2.24, 2.45) is 0 Å². The highest BCUT2D eigenvalue weighted by atomic mass is 79.9. The molecule has 1 aromatic rings. The molecule has 1 N–H and O–H groups in total. The first-order valence-corrected chi connectivity index (χ1v) is 4.63. The van der Waals surface area contributed by atoms with Gasteiger partial charge >= 0.3 is 0 Å². The van der Waals surface area contributed by atoms with Crippen LogP contribution in [-0.4, -0.2) is 5.11 Å². The Morgan fingerprint density at radius 3 is 2.82 bits per heavy atom. The fourth-order valence-electron chi connectivity index (χ4n) is 0.772. The molecule has 0 aromatic carbocycles. The monoisotopic (exact) mass is 231 g/mol. The summed E-state index contributed by atoms with van der Waals surface area (Å²) < 4.78 is 0.880. The molecule has 0 saturated carbocycles. The second-order valence-corrected chi connectivity index (χ2v) is 4.58. The maximum atomic E-state index is 9.19. The van der Waals surface area contributed by atoms with Crippen molar-refractivity contribution in [1.29, 1.82) is 5.26 Å². The van der Waals surface area contributed by atoms with Crippen LogP contribution in [0.5, 0.6) is 0 Å². The van der Waals surface area contributed by atoms with E-state index in [1.807, 2.05) is 6.07 Å². The van der Waals surface area contributed by atoms with Crippen molar-refractivity contribution in [3.05, 3.63) is 20.3 Å². The number of thiophene rings is 1. The molecule has 0 radical (unpaired) electrons. The number of hydrogen-bond donors (Lipinski definition) is 1. The predicted octanol–water partition coefficient (Wildman–Crippen LogP) is 2.44. The SMILES string of the molecule is CC(O)c1sc(Br)cc1C#N. The van der Waals surface area contributed by atoms with E-state index in [-0.39, 0.29) is 0 Å². The van der Waals surface area contributed by atoms with E-state index in [2.05, 4.69) is 15.9 Å². The fraction of sp³-hybridized carbons (Fsp3) is 0.286. The zero-order valence-corrected chi connectivity index (χ0v) is 8.24. The number of halogens is 1. The van der Waals surface area contributed by atoms with Crippen molar-refractivity contribution in [2.75, 3.05) is 0 Å². The van der Waals surface area contributed by atoms with Crippen molar-refractivity contribution in [3.8, 4) is 6.07 Å². The summed E-state index contributed by atoms with van der Waals surface area (Å²) in [4.78, 5) is 0.722. The molecule has 1 atom stereocenters.